The van der Waals surface area contributed by atoms with Crippen LogP contribution in [0.4, 0.5) is 5.69 Å². The second kappa shape index (κ2) is 3.27. The highest BCUT2D eigenvalue weighted by Crippen LogP contribution is 2.24. The third-order valence-corrected chi connectivity index (χ3v) is 1.96. The molecule has 0 saturated heterocycles. The Morgan fingerprint density at radius 1 is 1.14 bits per heavy atom. The summed E-state index contributed by atoms with van der Waals surface area (Å²) in [6.07, 6.45) is 1.50. The maximum absolute atomic E-state index is 8.79. The minimum absolute atomic E-state index is 0.537. The summed E-state index contributed by atoms with van der Waals surface area (Å²) in [6, 6.07) is 10.9. The van der Waals surface area contributed by atoms with Crippen LogP contribution < -0.4 is 5.73 Å². The standard InChI is InChI=1S/C11H8N2O/c12-7-9-5-6-14-11(9)8-1-3-10(13)4-2-8/h1-6H,13H2. The lowest BCUT2D eigenvalue weighted by atomic mass is 10.1. The molecule has 0 aliphatic heterocycles. The summed E-state index contributed by atoms with van der Waals surface area (Å²) in [7, 11) is 0. The number of nitriles is 1. The highest BCUT2D eigenvalue weighted by atomic mass is 16.3. The van der Waals surface area contributed by atoms with Gasteiger partial charge < -0.3 is 10.2 Å². The summed E-state index contributed by atoms with van der Waals surface area (Å²) in [6.45, 7) is 0. The Morgan fingerprint density at radius 2 is 1.86 bits per heavy atom. The number of nitrogens with two attached hydrogens (primary N) is 1. The van der Waals surface area contributed by atoms with E-state index in [2.05, 4.69) is 6.07 Å². The van der Waals surface area contributed by atoms with E-state index in [4.69, 9.17) is 15.4 Å². The minimum Gasteiger partial charge on any atom is -0.463 e. The van der Waals surface area contributed by atoms with Gasteiger partial charge in [-0.1, -0.05) is 0 Å². The summed E-state index contributed by atoms with van der Waals surface area (Å²) >= 11 is 0. The van der Waals surface area contributed by atoms with Crippen LogP contribution in [-0.2, 0) is 0 Å². The van der Waals surface area contributed by atoms with E-state index >= 15 is 0 Å². The molecule has 3 heteroatoms. The lowest BCUT2D eigenvalue weighted by Gasteiger charge is -1.97. The number of benzene rings is 1. The van der Waals surface area contributed by atoms with Crippen LogP contribution in [0, 0.1) is 11.3 Å². The molecule has 1 aromatic heterocycles. The van der Waals surface area contributed by atoms with Crippen LogP contribution in [0.2, 0.25) is 0 Å². The van der Waals surface area contributed by atoms with E-state index in [1.165, 1.54) is 6.26 Å². The molecule has 0 atom stereocenters. The van der Waals surface area contributed by atoms with Crippen LogP contribution >= 0.6 is 0 Å². The Labute approximate surface area is 81.4 Å². The second-order valence-electron chi connectivity index (χ2n) is 2.90. The van der Waals surface area contributed by atoms with Crippen molar-refractivity contribution in [1.29, 1.82) is 5.26 Å². The van der Waals surface area contributed by atoms with Crippen molar-refractivity contribution in [1.82, 2.24) is 0 Å². The molecule has 1 heterocycles. The van der Waals surface area contributed by atoms with Crippen molar-refractivity contribution < 1.29 is 4.42 Å². The lowest BCUT2D eigenvalue weighted by Crippen LogP contribution is -1.84. The van der Waals surface area contributed by atoms with Gasteiger partial charge in [0.1, 0.15) is 6.07 Å². The molecule has 0 saturated carbocycles. The number of nitrogen functional groups attached to an aromatic ring is 1. The van der Waals surface area contributed by atoms with Gasteiger partial charge in [0.15, 0.2) is 5.76 Å². The van der Waals surface area contributed by atoms with E-state index in [1.54, 1.807) is 18.2 Å². The van der Waals surface area contributed by atoms with Gasteiger partial charge in [0.2, 0.25) is 0 Å². The molecule has 2 N–H and O–H groups in total. The Bertz CT molecular complexity index is 477. The molecule has 14 heavy (non-hydrogen) atoms. The summed E-state index contributed by atoms with van der Waals surface area (Å²) in [5.41, 5.74) is 7.65. The lowest BCUT2D eigenvalue weighted by molar-refractivity contribution is 0.582. The zero-order valence-corrected chi connectivity index (χ0v) is 7.40. The highest BCUT2D eigenvalue weighted by molar-refractivity contribution is 5.66. The van der Waals surface area contributed by atoms with Gasteiger partial charge in [0.05, 0.1) is 11.8 Å². The zero-order chi connectivity index (χ0) is 9.97. The smallest absolute Gasteiger partial charge is 0.151 e. The first kappa shape index (κ1) is 8.39. The summed E-state index contributed by atoms with van der Waals surface area (Å²) in [5.74, 6) is 0.590. The number of anilines is 1. The maximum atomic E-state index is 8.79. The van der Waals surface area contributed by atoms with Crippen LogP contribution in [0.15, 0.2) is 41.0 Å². The summed E-state index contributed by atoms with van der Waals surface area (Å²) in [5, 5.41) is 8.79. The van der Waals surface area contributed by atoms with Gasteiger partial charge in [-0.05, 0) is 30.3 Å². The molecule has 68 valence electrons. The van der Waals surface area contributed by atoms with Crippen molar-refractivity contribution in [2.24, 2.45) is 0 Å². The van der Waals surface area contributed by atoms with E-state index < -0.39 is 0 Å². The Morgan fingerprint density at radius 3 is 2.50 bits per heavy atom. The molecule has 3 nitrogen and oxygen atoms in total. The molecule has 2 rings (SSSR count). The molecule has 0 spiro atoms. The normalized spacial score (nSPS) is 9.64. The molecular weight excluding hydrogens is 176 g/mol. The molecule has 0 aliphatic carbocycles. The van der Waals surface area contributed by atoms with Gasteiger partial charge >= 0.3 is 0 Å². The van der Waals surface area contributed by atoms with Crippen molar-refractivity contribution in [3.8, 4) is 17.4 Å². The molecule has 0 amide bonds. The monoisotopic (exact) mass is 184 g/mol. The third-order valence-electron chi connectivity index (χ3n) is 1.96. The van der Waals surface area contributed by atoms with Gasteiger partial charge in [-0.25, -0.2) is 0 Å². The molecule has 0 bridgehead atoms. The summed E-state index contributed by atoms with van der Waals surface area (Å²) < 4.78 is 5.22. The predicted molar refractivity (Wildman–Crippen MR) is 53.3 cm³/mol. The Hall–Kier alpha value is -2.21. The fourth-order valence-electron chi connectivity index (χ4n) is 1.26. The van der Waals surface area contributed by atoms with E-state index in [0.717, 1.165) is 5.56 Å². The van der Waals surface area contributed by atoms with Crippen LogP contribution in [-0.4, -0.2) is 0 Å². The van der Waals surface area contributed by atoms with Gasteiger partial charge in [-0.3, -0.25) is 0 Å². The van der Waals surface area contributed by atoms with Gasteiger partial charge in [0, 0.05) is 11.3 Å². The first-order chi connectivity index (χ1) is 6.81. The van der Waals surface area contributed by atoms with Crippen molar-refractivity contribution in [2.75, 3.05) is 5.73 Å². The van der Waals surface area contributed by atoms with E-state index in [1.807, 2.05) is 12.1 Å². The fraction of sp³-hybridized carbons (Fsp3) is 0. The Balaban J connectivity index is 2.50. The van der Waals surface area contributed by atoms with Crippen LogP contribution in [0.3, 0.4) is 0 Å². The van der Waals surface area contributed by atoms with E-state index in [-0.39, 0.29) is 0 Å². The molecule has 2 aromatic rings. The molecule has 0 fully saturated rings. The number of furan rings is 1. The predicted octanol–water partition coefficient (Wildman–Crippen LogP) is 2.40. The number of hydrogen-bond donors (Lipinski definition) is 1. The van der Waals surface area contributed by atoms with Gasteiger partial charge in [-0.2, -0.15) is 5.26 Å². The van der Waals surface area contributed by atoms with E-state index in [0.29, 0.717) is 17.0 Å². The second-order valence-corrected chi connectivity index (χ2v) is 2.90. The van der Waals surface area contributed by atoms with Crippen LogP contribution in [0.25, 0.3) is 11.3 Å². The fourth-order valence-corrected chi connectivity index (χ4v) is 1.26. The maximum Gasteiger partial charge on any atom is 0.151 e. The average molecular weight is 184 g/mol. The number of rotatable bonds is 1. The first-order valence-electron chi connectivity index (χ1n) is 4.15. The minimum atomic E-state index is 0.537. The van der Waals surface area contributed by atoms with Crippen LogP contribution in [0.5, 0.6) is 0 Å². The first-order valence-corrected chi connectivity index (χ1v) is 4.15. The molecule has 0 unspecified atom stereocenters. The topological polar surface area (TPSA) is 63.0 Å². The van der Waals surface area contributed by atoms with Crippen LogP contribution in [0.1, 0.15) is 5.56 Å². The number of nitrogens with zero attached hydrogens (tertiary/aromatic N) is 1. The highest BCUT2D eigenvalue weighted by Gasteiger charge is 2.07. The zero-order valence-electron chi connectivity index (χ0n) is 7.40. The molecule has 0 radical (unpaired) electrons. The van der Waals surface area contributed by atoms with Gasteiger partial charge in [-0.15, -0.1) is 0 Å². The SMILES string of the molecule is N#Cc1ccoc1-c1ccc(N)cc1. The van der Waals surface area contributed by atoms with Crippen molar-refractivity contribution in [2.45, 2.75) is 0 Å². The average Bonchev–Trinajstić information content (AvgIpc) is 2.67. The van der Waals surface area contributed by atoms with Crippen molar-refractivity contribution in [3.05, 3.63) is 42.2 Å². The molecular formula is C11H8N2O. The quantitative estimate of drug-likeness (QED) is 0.692. The number of hydrogen-bond acceptors (Lipinski definition) is 3. The molecule has 0 aliphatic rings. The third kappa shape index (κ3) is 1.34. The largest absolute Gasteiger partial charge is 0.463 e. The Kier molecular flexibility index (Phi) is 1.96. The van der Waals surface area contributed by atoms with Gasteiger partial charge in [0.25, 0.3) is 0 Å². The van der Waals surface area contributed by atoms with E-state index in [9.17, 15) is 0 Å². The molecule has 1 aromatic carbocycles. The summed E-state index contributed by atoms with van der Waals surface area (Å²) in [4.78, 5) is 0. The van der Waals surface area contributed by atoms with Crippen molar-refractivity contribution >= 4 is 5.69 Å². The van der Waals surface area contributed by atoms with Crippen molar-refractivity contribution in [3.63, 3.8) is 0 Å².